The Morgan fingerprint density at radius 3 is 1.82 bits per heavy atom. The first-order valence-corrected chi connectivity index (χ1v) is 7.43. The van der Waals surface area contributed by atoms with Gasteiger partial charge in [-0.1, -0.05) is 69.9 Å². The van der Waals surface area contributed by atoms with Crippen molar-refractivity contribution in [2.24, 2.45) is 11.8 Å². The predicted molar refractivity (Wildman–Crippen MR) is 75.2 cm³/mol. The van der Waals surface area contributed by atoms with Crippen molar-refractivity contribution >= 4 is 0 Å². The normalized spacial score (nSPS) is 27.1. The third kappa shape index (κ3) is 3.12. The van der Waals surface area contributed by atoms with Gasteiger partial charge in [0.15, 0.2) is 0 Å². The van der Waals surface area contributed by atoms with E-state index in [0.717, 1.165) is 17.8 Å². The summed E-state index contributed by atoms with van der Waals surface area (Å²) < 4.78 is 0. The molecule has 0 heteroatoms. The van der Waals surface area contributed by atoms with Crippen LogP contribution >= 0.6 is 0 Å². The lowest BCUT2D eigenvalue weighted by atomic mass is 10.1. The highest BCUT2D eigenvalue weighted by Crippen LogP contribution is 2.58. The molecule has 0 bridgehead atoms. The van der Waals surface area contributed by atoms with Crippen molar-refractivity contribution in [1.82, 2.24) is 0 Å². The SMILES string of the molecule is CCCC[C@@H]1C(c2ccccc2)[C@@H]1CCCC. The standard InChI is InChI=1S/C17H26/c1-3-5-12-15-16(13-6-4-2)17(15)14-10-8-7-9-11-14/h7-11,15-17H,3-6,12-13H2,1-2H3/t15-,16+,17?. The fourth-order valence-corrected chi connectivity index (χ4v) is 3.28. The summed E-state index contributed by atoms with van der Waals surface area (Å²) in [4.78, 5) is 0. The minimum atomic E-state index is 0.884. The minimum absolute atomic E-state index is 0.884. The van der Waals surface area contributed by atoms with Gasteiger partial charge >= 0.3 is 0 Å². The molecular weight excluding hydrogens is 204 g/mol. The van der Waals surface area contributed by atoms with E-state index < -0.39 is 0 Å². The highest BCUT2D eigenvalue weighted by Gasteiger charge is 2.48. The lowest BCUT2D eigenvalue weighted by Gasteiger charge is -1.99. The number of unbranched alkanes of at least 4 members (excludes halogenated alkanes) is 2. The molecular formula is C17H26. The van der Waals surface area contributed by atoms with E-state index in [4.69, 9.17) is 0 Å². The van der Waals surface area contributed by atoms with Crippen molar-refractivity contribution in [1.29, 1.82) is 0 Å². The van der Waals surface area contributed by atoms with Crippen molar-refractivity contribution in [3.63, 3.8) is 0 Å². The van der Waals surface area contributed by atoms with E-state index in [0.29, 0.717) is 0 Å². The van der Waals surface area contributed by atoms with E-state index in [9.17, 15) is 0 Å². The van der Waals surface area contributed by atoms with E-state index in [-0.39, 0.29) is 0 Å². The monoisotopic (exact) mass is 230 g/mol. The van der Waals surface area contributed by atoms with Crippen LogP contribution in [0.1, 0.15) is 63.9 Å². The van der Waals surface area contributed by atoms with E-state index in [2.05, 4.69) is 44.2 Å². The van der Waals surface area contributed by atoms with Crippen LogP contribution in [0.5, 0.6) is 0 Å². The first-order valence-electron chi connectivity index (χ1n) is 7.43. The second-order valence-electron chi connectivity index (χ2n) is 5.55. The Morgan fingerprint density at radius 1 is 0.824 bits per heavy atom. The quantitative estimate of drug-likeness (QED) is 0.588. The van der Waals surface area contributed by atoms with Crippen molar-refractivity contribution in [3.8, 4) is 0 Å². The molecule has 0 radical (unpaired) electrons. The van der Waals surface area contributed by atoms with Gasteiger partial charge in [0.2, 0.25) is 0 Å². The third-order valence-electron chi connectivity index (χ3n) is 4.30. The maximum atomic E-state index is 2.33. The number of hydrogen-bond acceptors (Lipinski definition) is 0. The van der Waals surface area contributed by atoms with Gasteiger partial charge in [-0.2, -0.15) is 0 Å². The molecule has 1 unspecified atom stereocenters. The average Bonchev–Trinajstić information content (AvgIpc) is 3.08. The summed E-state index contributed by atoms with van der Waals surface area (Å²) in [5.41, 5.74) is 1.59. The second-order valence-corrected chi connectivity index (χ2v) is 5.55. The summed E-state index contributed by atoms with van der Waals surface area (Å²) in [6.45, 7) is 4.61. The molecule has 0 aliphatic heterocycles. The first-order chi connectivity index (χ1) is 8.38. The Kier molecular flexibility index (Phi) is 4.65. The van der Waals surface area contributed by atoms with Crippen molar-refractivity contribution in [3.05, 3.63) is 35.9 Å². The van der Waals surface area contributed by atoms with E-state index in [1.54, 1.807) is 5.56 Å². The van der Waals surface area contributed by atoms with Gasteiger partial charge in [-0.25, -0.2) is 0 Å². The zero-order chi connectivity index (χ0) is 12.1. The summed E-state index contributed by atoms with van der Waals surface area (Å²) in [6, 6.07) is 11.2. The lowest BCUT2D eigenvalue weighted by molar-refractivity contribution is 0.559. The van der Waals surface area contributed by atoms with Gasteiger partial charge in [0.1, 0.15) is 0 Å². The van der Waals surface area contributed by atoms with Crippen molar-refractivity contribution < 1.29 is 0 Å². The molecule has 94 valence electrons. The molecule has 1 fully saturated rings. The summed E-state index contributed by atoms with van der Waals surface area (Å²) in [5, 5.41) is 0. The van der Waals surface area contributed by atoms with Gasteiger partial charge < -0.3 is 0 Å². The molecule has 0 aromatic heterocycles. The molecule has 1 aliphatic carbocycles. The molecule has 17 heavy (non-hydrogen) atoms. The van der Waals surface area contributed by atoms with Crippen LogP contribution in [0.25, 0.3) is 0 Å². The smallest absolute Gasteiger partial charge is 0.00995 e. The van der Waals surface area contributed by atoms with Gasteiger partial charge in [-0.05, 0) is 36.2 Å². The summed E-state index contributed by atoms with van der Waals surface area (Å²) >= 11 is 0. The maximum Gasteiger partial charge on any atom is -0.00995 e. The van der Waals surface area contributed by atoms with Crippen LogP contribution in [0.4, 0.5) is 0 Å². The van der Waals surface area contributed by atoms with Gasteiger partial charge in [0, 0.05) is 0 Å². The fourth-order valence-electron chi connectivity index (χ4n) is 3.28. The molecule has 0 amide bonds. The molecule has 0 spiro atoms. The molecule has 1 saturated carbocycles. The molecule has 0 N–H and O–H groups in total. The Labute approximate surface area is 106 Å². The molecule has 0 saturated heterocycles. The topological polar surface area (TPSA) is 0 Å². The van der Waals surface area contributed by atoms with Crippen LogP contribution in [-0.4, -0.2) is 0 Å². The lowest BCUT2D eigenvalue weighted by Crippen LogP contribution is -1.83. The number of benzene rings is 1. The summed E-state index contributed by atoms with van der Waals surface area (Å²) in [5.74, 6) is 2.86. The highest BCUT2D eigenvalue weighted by molar-refractivity contribution is 5.28. The van der Waals surface area contributed by atoms with E-state index in [1.807, 2.05) is 0 Å². The van der Waals surface area contributed by atoms with Gasteiger partial charge in [0.05, 0.1) is 0 Å². The fraction of sp³-hybridized carbons (Fsp3) is 0.647. The molecule has 3 atom stereocenters. The van der Waals surface area contributed by atoms with Crippen LogP contribution in [0.2, 0.25) is 0 Å². The van der Waals surface area contributed by atoms with Crippen LogP contribution in [0.15, 0.2) is 30.3 Å². The largest absolute Gasteiger partial charge is 0.0654 e. The Morgan fingerprint density at radius 2 is 1.35 bits per heavy atom. The molecule has 0 nitrogen and oxygen atoms in total. The van der Waals surface area contributed by atoms with Crippen molar-refractivity contribution in [2.75, 3.05) is 0 Å². The summed E-state index contributed by atoms with van der Waals surface area (Å²) in [6.07, 6.45) is 8.42. The van der Waals surface area contributed by atoms with Crippen molar-refractivity contribution in [2.45, 2.75) is 58.3 Å². The maximum absolute atomic E-state index is 2.33. The van der Waals surface area contributed by atoms with E-state index in [1.165, 1.54) is 38.5 Å². The Balaban J connectivity index is 1.95. The number of hydrogen-bond donors (Lipinski definition) is 0. The van der Waals surface area contributed by atoms with Gasteiger partial charge in [0.25, 0.3) is 0 Å². The molecule has 2 rings (SSSR count). The zero-order valence-corrected chi connectivity index (χ0v) is 11.4. The zero-order valence-electron chi connectivity index (χ0n) is 11.4. The van der Waals surface area contributed by atoms with Gasteiger partial charge in [-0.3, -0.25) is 0 Å². The van der Waals surface area contributed by atoms with Crippen LogP contribution < -0.4 is 0 Å². The minimum Gasteiger partial charge on any atom is -0.0654 e. The van der Waals surface area contributed by atoms with Crippen LogP contribution in [0.3, 0.4) is 0 Å². The van der Waals surface area contributed by atoms with Crippen LogP contribution in [-0.2, 0) is 0 Å². The summed E-state index contributed by atoms with van der Waals surface area (Å²) in [7, 11) is 0. The number of rotatable bonds is 7. The first kappa shape index (κ1) is 12.7. The Bertz CT molecular complexity index is 300. The molecule has 1 aromatic rings. The third-order valence-corrected chi connectivity index (χ3v) is 4.30. The molecule has 0 heterocycles. The average molecular weight is 230 g/mol. The predicted octanol–water partition coefficient (Wildman–Crippen LogP) is 5.40. The molecule has 1 aliphatic rings. The highest BCUT2D eigenvalue weighted by atomic mass is 14.5. The Hall–Kier alpha value is -0.780. The second kappa shape index (κ2) is 6.23. The van der Waals surface area contributed by atoms with E-state index >= 15 is 0 Å². The van der Waals surface area contributed by atoms with Gasteiger partial charge in [-0.15, -0.1) is 0 Å². The molecule has 1 aromatic carbocycles. The van der Waals surface area contributed by atoms with Crippen LogP contribution in [0, 0.1) is 11.8 Å².